The van der Waals surface area contributed by atoms with Crippen LogP contribution in [0.4, 0.5) is 5.69 Å². The van der Waals surface area contributed by atoms with E-state index in [1.165, 1.54) is 11.8 Å². The molecule has 2 aliphatic rings. The summed E-state index contributed by atoms with van der Waals surface area (Å²) < 4.78 is 0. The van der Waals surface area contributed by atoms with Gasteiger partial charge in [-0.1, -0.05) is 12.1 Å². The quantitative estimate of drug-likeness (QED) is 0.733. The molecule has 4 N–H and O–H groups in total. The van der Waals surface area contributed by atoms with Gasteiger partial charge in [-0.15, -0.1) is 0 Å². The number of carbonyl (C=O) groups excluding carboxylic acids is 2. The van der Waals surface area contributed by atoms with E-state index in [1.54, 1.807) is 12.1 Å². The van der Waals surface area contributed by atoms with Gasteiger partial charge in [0.1, 0.15) is 0 Å². The standard InChI is InChI=1S/C15H19N5O2/c1-10(21)18-12-4-2-11(3-5-12)8-20-13(22)15(19-14(20)16)6-7-17-9-15/h2-5,17H,6-9H2,1H3,(H2,16,19)(H,18,21). The first-order valence-electron chi connectivity index (χ1n) is 7.25. The van der Waals surface area contributed by atoms with Crippen molar-refractivity contribution < 1.29 is 9.59 Å². The summed E-state index contributed by atoms with van der Waals surface area (Å²) in [5.74, 6) is 0.120. The number of hydrogen-bond acceptors (Lipinski definition) is 5. The van der Waals surface area contributed by atoms with Crippen molar-refractivity contribution >= 4 is 23.5 Å². The van der Waals surface area contributed by atoms with Crippen LogP contribution in [0.25, 0.3) is 0 Å². The minimum Gasteiger partial charge on any atom is -0.369 e. The van der Waals surface area contributed by atoms with E-state index in [2.05, 4.69) is 15.6 Å². The van der Waals surface area contributed by atoms with Gasteiger partial charge in [-0.3, -0.25) is 14.5 Å². The normalized spacial score (nSPS) is 24.0. The number of nitrogens with one attached hydrogen (secondary N) is 2. The fourth-order valence-electron chi connectivity index (χ4n) is 2.87. The lowest BCUT2D eigenvalue weighted by atomic mass is 9.99. The van der Waals surface area contributed by atoms with Gasteiger partial charge in [-0.2, -0.15) is 0 Å². The molecule has 1 aromatic rings. The molecule has 1 fully saturated rings. The largest absolute Gasteiger partial charge is 0.369 e. The van der Waals surface area contributed by atoms with E-state index in [0.29, 0.717) is 19.5 Å². The number of rotatable bonds is 3. The van der Waals surface area contributed by atoms with E-state index in [1.807, 2.05) is 12.1 Å². The molecule has 22 heavy (non-hydrogen) atoms. The molecule has 0 saturated carbocycles. The third kappa shape index (κ3) is 2.55. The highest BCUT2D eigenvalue weighted by molar-refractivity contribution is 6.07. The Hall–Kier alpha value is -2.41. The van der Waals surface area contributed by atoms with Crippen molar-refractivity contribution in [3.63, 3.8) is 0 Å². The zero-order valence-corrected chi connectivity index (χ0v) is 12.4. The van der Waals surface area contributed by atoms with Crippen LogP contribution >= 0.6 is 0 Å². The van der Waals surface area contributed by atoms with E-state index in [0.717, 1.165) is 17.8 Å². The van der Waals surface area contributed by atoms with E-state index >= 15 is 0 Å². The van der Waals surface area contributed by atoms with Gasteiger partial charge in [0, 0.05) is 19.2 Å². The molecule has 3 rings (SSSR count). The highest BCUT2D eigenvalue weighted by Gasteiger charge is 2.49. The van der Waals surface area contributed by atoms with E-state index in [-0.39, 0.29) is 17.8 Å². The van der Waals surface area contributed by atoms with Gasteiger partial charge in [-0.05, 0) is 30.7 Å². The van der Waals surface area contributed by atoms with Crippen molar-refractivity contribution in [1.82, 2.24) is 10.2 Å². The highest BCUT2D eigenvalue weighted by atomic mass is 16.2. The van der Waals surface area contributed by atoms with Crippen molar-refractivity contribution in [3.8, 4) is 0 Å². The number of guanidine groups is 1. The Kier molecular flexibility index (Phi) is 3.58. The first-order valence-corrected chi connectivity index (χ1v) is 7.25. The maximum Gasteiger partial charge on any atom is 0.259 e. The van der Waals surface area contributed by atoms with Crippen LogP contribution in [0.5, 0.6) is 0 Å². The number of anilines is 1. The van der Waals surface area contributed by atoms with Gasteiger partial charge in [0.25, 0.3) is 5.91 Å². The van der Waals surface area contributed by atoms with Crippen LogP contribution in [0.1, 0.15) is 18.9 Å². The molecular formula is C15H19N5O2. The second-order valence-electron chi connectivity index (χ2n) is 5.70. The second-order valence-corrected chi connectivity index (χ2v) is 5.70. The van der Waals surface area contributed by atoms with E-state index < -0.39 is 5.54 Å². The SMILES string of the molecule is CC(=O)Nc1ccc(CN2C(=O)C3(CCNC3)N=C2N)cc1. The van der Waals surface area contributed by atoms with Gasteiger partial charge in [0.05, 0.1) is 6.54 Å². The van der Waals surface area contributed by atoms with Crippen LogP contribution in [0, 0.1) is 0 Å². The summed E-state index contributed by atoms with van der Waals surface area (Å²) in [6.07, 6.45) is 0.685. The molecule has 0 aliphatic carbocycles. The number of nitrogens with two attached hydrogens (primary N) is 1. The van der Waals surface area contributed by atoms with Crippen LogP contribution in [0.15, 0.2) is 29.3 Å². The third-order valence-electron chi connectivity index (χ3n) is 4.00. The van der Waals surface area contributed by atoms with Gasteiger partial charge >= 0.3 is 0 Å². The summed E-state index contributed by atoms with van der Waals surface area (Å²) in [5.41, 5.74) is 6.89. The molecule has 1 saturated heterocycles. The van der Waals surface area contributed by atoms with Crippen LogP contribution in [0.3, 0.4) is 0 Å². The summed E-state index contributed by atoms with van der Waals surface area (Å²) in [6.45, 7) is 3.17. The van der Waals surface area contributed by atoms with Gasteiger partial charge < -0.3 is 16.4 Å². The maximum atomic E-state index is 12.6. The molecule has 116 valence electrons. The van der Waals surface area contributed by atoms with Crippen molar-refractivity contribution in [3.05, 3.63) is 29.8 Å². The molecule has 0 radical (unpaired) electrons. The van der Waals surface area contributed by atoms with Crippen molar-refractivity contribution in [2.24, 2.45) is 10.7 Å². The fourth-order valence-corrected chi connectivity index (χ4v) is 2.87. The molecule has 1 spiro atoms. The molecule has 2 heterocycles. The van der Waals surface area contributed by atoms with E-state index in [4.69, 9.17) is 5.73 Å². The van der Waals surface area contributed by atoms with Crippen LogP contribution < -0.4 is 16.4 Å². The van der Waals surface area contributed by atoms with Crippen molar-refractivity contribution in [1.29, 1.82) is 0 Å². The average molecular weight is 301 g/mol. The molecule has 1 atom stereocenters. The molecule has 7 heteroatoms. The molecule has 1 unspecified atom stereocenters. The molecule has 1 aromatic carbocycles. The predicted molar refractivity (Wildman–Crippen MR) is 83.1 cm³/mol. The van der Waals surface area contributed by atoms with Gasteiger partial charge in [0.15, 0.2) is 11.5 Å². The van der Waals surface area contributed by atoms with Gasteiger partial charge in [-0.25, -0.2) is 4.99 Å². The van der Waals surface area contributed by atoms with Gasteiger partial charge in [0.2, 0.25) is 5.91 Å². The smallest absolute Gasteiger partial charge is 0.259 e. The van der Waals surface area contributed by atoms with Crippen molar-refractivity contribution in [2.45, 2.75) is 25.4 Å². The lowest BCUT2D eigenvalue weighted by molar-refractivity contribution is -0.131. The van der Waals surface area contributed by atoms with Crippen molar-refractivity contribution in [2.75, 3.05) is 18.4 Å². The minimum atomic E-state index is -0.708. The Bertz CT molecular complexity index is 632. The second kappa shape index (κ2) is 5.42. The number of amides is 2. The fraction of sp³-hybridized carbons (Fsp3) is 0.400. The predicted octanol–water partition coefficient (Wildman–Crippen LogP) is 0.0340. The highest BCUT2D eigenvalue weighted by Crippen LogP contribution is 2.29. The zero-order chi connectivity index (χ0) is 15.7. The Morgan fingerprint density at radius 1 is 1.45 bits per heavy atom. The minimum absolute atomic E-state index is 0.0408. The van der Waals surface area contributed by atoms with E-state index in [9.17, 15) is 9.59 Å². The average Bonchev–Trinajstić information content (AvgIpc) is 3.02. The summed E-state index contributed by atoms with van der Waals surface area (Å²) in [5, 5.41) is 5.87. The Balaban J connectivity index is 1.72. The summed E-state index contributed by atoms with van der Waals surface area (Å²) in [7, 11) is 0. The molecule has 7 nitrogen and oxygen atoms in total. The zero-order valence-electron chi connectivity index (χ0n) is 12.4. The molecular weight excluding hydrogens is 282 g/mol. The maximum absolute atomic E-state index is 12.6. The Labute approximate surface area is 128 Å². The Morgan fingerprint density at radius 3 is 2.77 bits per heavy atom. The summed E-state index contributed by atoms with van der Waals surface area (Å²) in [4.78, 5) is 29.5. The monoisotopic (exact) mass is 301 g/mol. The lowest BCUT2D eigenvalue weighted by Crippen LogP contribution is -2.44. The molecule has 2 aliphatic heterocycles. The number of aliphatic imine (C=N–C) groups is 1. The topological polar surface area (TPSA) is 99.8 Å². The number of carbonyl (C=O) groups is 2. The van der Waals surface area contributed by atoms with Crippen LogP contribution in [0.2, 0.25) is 0 Å². The number of hydrogen-bond donors (Lipinski definition) is 3. The molecule has 0 aromatic heterocycles. The first-order chi connectivity index (χ1) is 10.5. The summed E-state index contributed by atoms with van der Waals surface area (Å²) >= 11 is 0. The summed E-state index contributed by atoms with van der Waals surface area (Å²) in [6, 6.07) is 7.34. The number of benzene rings is 1. The lowest BCUT2D eigenvalue weighted by Gasteiger charge is -2.21. The Morgan fingerprint density at radius 2 is 2.18 bits per heavy atom. The molecule has 2 amide bonds. The van der Waals surface area contributed by atoms with Crippen LogP contribution in [-0.2, 0) is 16.1 Å². The first kappa shape index (κ1) is 14.5. The molecule has 0 bridgehead atoms. The number of nitrogens with zero attached hydrogens (tertiary/aromatic N) is 2. The third-order valence-corrected chi connectivity index (χ3v) is 4.00. The van der Waals surface area contributed by atoms with Crippen LogP contribution in [-0.4, -0.2) is 41.3 Å².